The Kier molecular flexibility index (Phi) is 4.85. The molecular formula is C11H24N2O. The number of ether oxygens (including phenoxy) is 1. The van der Waals surface area contributed by atoms with E-state index in [2.05, 4.69) is 19.2 Å². The third kappa shape index (κ3) is 2.94. The second-order valence-corrected chi connectivity index (χ2v) is 4.22. The first-order valence-electron chi connectivity index (χ1n) is 5.82. The fourth-order valence-corrected chi connectivity index (χ4v) is 1.96. The molecule has 1 aliphatic carbocycles. The summed E-state index contributed by atoms with van der Waals surface area (Å²) in [7, 11) is 0. The van der Waals surface area contributed by atoms with E-state index in [4.69, 9.17) is 10.5 Å². The van der Waals surface area contributed by atoms with Crippen molar-refractivity contribution in [2.24, 2.45) is 11.7 Å². The normalized spacial score (nSPS) is 30.6. The van der Waals surface area contributed by atoms with E-state index in [0.717, 1.165) is 26.3 Å². The maximum Gasteiger partial charge on any atom is 0.0513 e. The highest BCUT2D eigenvalue weighted by Gasteiger charge is 2.52. The lowest BCUT2D eigenvalue weighted by Gasteiger charge is -2.15. The molecule has 0 saturated heterocycles. The van der Waals surface area contributed by atoms with Gasteiger partial charge in [-0.05, 0) is 19.4 Å². The Bertz CT molecular complexity index is 163. The predicted molar refractivity (Wildman–Crippen MR) is 59.3 cm³/mol. The molecule has 1 aliphatic rings. The van der Waals surface area contributed by atoms with Crippen LogP contribution >= 0.6 is 0 Å². The first-order valence-corrected chi connectivity index (χ1v) is 5.82. The molecule has 0 aliphatic heterocycles. The summed E-state index contributed by atoms with van der Waals surface area (Å²) in [5.74, 6) is 0.643. The highest BCUT2D eigenvalue weighted by atomic mass is 16.5. The molecule has 1 rings (SSSR count). The average molecular weight is 200 g/mol. The van der Waals surface area contributed by atoms with Gasteiger partial charge in [-0.2, -0.15) is 0 Å². The molecule has 1 fully saturated rings. The van der Waals surface area contributed by atoms with E-state index >= 15 is 0 Å². The highest BCUT2D eigenvalue weighted by Crippen LogP contribution is 2.42. The second kappa shape index (κ2) is 5.69. The van der Waals surface area contributed by atoms with E-state index in [1.54, 1.807) is 0 Å². The molecular weight excluding hydrogens is 176 g/mol. The topological polar surface area (TPSA) is 47.3 Å². The van der Waals surface area contributed by atoms with E-state index in [1.165, 1.54) is 19.3 Å². The summed E-state index contributed by atoms with van der Waals surface area (Å²) in [5.41, 5.74) is 5.97. The molecule has 3 N–H and O–H groups in total. The van der Waals surface area contributed by atoms with Gasteiger partial charge in [0.25, 0.3) is 0 Å². The molecule has 2 atom stereocenters. The van der Waals surface area contributed by atoms with E-state index < -0.39 is 0 Å². The van der Waals surface area contributed by atoms with Crippen molar-refractivity contribution >= 4 is 0 Å². The Balaban J connectivity index is 2.10. The van der Waals surface area contributed by atoms with E-state index in [1.807, 2.05) is 0 Å². The van der Waals surface area contributed by atoms with Gasteiger partial charge in [0, 0.05) is 24.6 Å². The summed E-state index contributed by atoms with van der Waals surface area (Å²) in [5, 5.41) is 3.47. The van der Waals surface area contributed by atoms with Crippen molar-refractivity contribution < 1.29 is 4.74 Å². The van der Waals surface area contributed by atoms with Gasteiger partial charge < -0.3 is 15.8 Å². The number of nitrogens with one attached hydrogen (secondary N) is 1. The average Bonchev–Trinajstić information content (AvgIpc) is 2.88. The van der Waals surface area contributed by atoms with Crippen LogP contribution in [0, 0.1) is 5.92 Å². The van der Waals surface area contributed by atoms with Gasteiger partial charge in [-0.25, -0.2) is 0 Å². The molecule has 0 heterocycles. The Morgan fingerprint density at radius 2 is 2.29 bits per heavy atom. The van der Waals surface area contributed by atoms with Crippen molar-refractivity contribution in [3.05, 3.63) is 0 Å². The number of hydrogen-bond acceptors (Lipinski definition) is 3. The minimum absolute atomic E-state index is 0.209. The van der Waals surface area contributed by atoms with Crippen LogP contribution in [0.25, 0.3) is 0 Å². The Morgan fingerprint density at radius 3 is 2.86 bits per heavy atom. The molecule has 1 saturated carbocycles. The number of nitrogens with two attached hydrogens (primary N) is 1. The van der Waals surface area contributed by atoms with Crippen molar-refractivity contribution in [3.63, 3.8) is 0 Å². The minimum atomic E-state index is 0.209. The lowest BCUT2D eigenvalue weighted by molar-refractivity contribution is 0.115. The van der Waals surface area contributed by atoms with Gasteiger partial charge in [0.05, 0.1) is 6.61 Å². The molecule has 0 aromatic carbocycles. The van der Waals surface area contributed by atoms with Crippen LogP contribution in [0.1, 0.15) is 33.1 Å². The van der Waals surface area contributed by atoms with Crippen molar-refractivity contribution in [2.75, 3.05) is 26.3 Å². The second-order valence-electron chi connectivity index (χ2n) is 4.22. The summed E-state index contributed by atoms with van der Waals surface area (Å²) < 4.78 is 5.61. The van der Waals surface area contributed by atoms with Crippen LogP contribution in [-0.2, 0) is 4.74 Å². The molecule has 0 bridgehead atoms. The molecule has 0 radical (unpaired) electrons. The predicted octanol–water partition coefficient (Wildman–Crippen LogP) is 1.13. The van der Waals surface area contributed by atoms with Gasteiger partial charge in [0.1, 0.15) is 0 Å². The van der Waals surface area contributed by atoms with E-state index in [0.29, 0.717) is 5.92 Å². The van der Waals surface area contributed by atoms with Crippen molar-refractivity contribution in [1.82, 2.24) is 5.32 Å². The maximum atomic E-state index is 5.76. The summed E-state index contributed by atoms with van der Waals surface area (Å²) in [6.07, 6.45) is 3.56. The molecule has 0 unspecified atom stereocenters. The zero-order valence-corrected chi connectivity index (χ0v) is 9.51. The van der Waals surface area contributed by atoms with Gasteiger partial charge in [-0.15, -0.1) is 0 Å². The Hall–Kier alpha value is -0.120. The molecule has 3 heteroatoms. The van der Waals surface area contributed by atoms with Crippen LogP contribution in [-0.4, -0.2) is 31.8 Å². The Labute approximate surface area is 87.4 Å². The molecule has 3 nitrogen and oxygen atoms in total. The molecule has 84 valence electrons. The van der Waals surface area contributed by atoms with Crippen LogP contribution in [0.15, 0.2) is 0 Å². The zero-order valence-electron chi connectivity index (χ0n) is 9.51. The molecule has 0 spiro atoms. The fourth-order valence-electron chi connectivity index (χ4n) is 1.96. The summed E-state index contributed by atoms with van der Waals surface area (Å²) in [6, 6.07) is 0. The van der Waals surface area contributed by atoms with Gasteiger partial charge in [-0.3, -0.25) is 0 Å². The van der Waals surface area contributed by atoms with E-state index in [9.17, 15) is 0 Å². The lowest BCUT2D eigenvalue weighted by atomic mass is 10.2. The lowest BCUT2D eigenvalue weighted by Crippen LogP contribution is -2.41. The third-order valence-electron chi connectivity index (χ3n) is 3.09. The molecule has 14 heavy (non-hydrogen) atoms. The first-order chi connectivity index (χ1) is 6.79. The summed E-state index contributed by atoms with van der Waals surface area (Å²) in [4.78, 5) is 0. The highest BCUT2D eigenvalue weighted by molar-refractivity contribution is 5.10. The quantitative estimate of drug-likeness (QED) is 0.577. The van der Waals surface area contributed by atoms with Crippen LogP contribution in [0.3, 0.4) is 0 Å². The minimum Gasteiger partial charge on any atom is -0.381 e. The van der Waals surface area contributed by atoms with Crippen LogP contribution in [0.5, 0.6) is 0 Å². The smallest absolute Gasteiger partial charge is 0.0513 e. The third-order valence-corrected chi connectivity index (χ3v) is 3.09. The standard InChI is InChI=1S/C11H24N2O/c1-3-5-6-14-8-10-7-11(10,9-12)13-4-2/h10,13H,3-9,12H2,1-2H3/t10-,11-/m0/s1. The number of likely N-dealkylation sites (N-methyl/N-ethyl adjacent to an activating group) is 1. The molecule has 0 amide bonds. The van der Waals surface area contributed by atoms with Crippen molar-refractivity contribution in [3.8, 4) is 0 Å². The summed E-state index contributed by atoms with van der Waals surface area (Å²) in [6.45, 7) is 7.84. The van der Waals surface area contributed by atoms with Gasteiger partial charge in [-0.1, -0.05) is 20.3 Å². The van der Waals surface area contributed by atoms with Gasteiger partial charge >= 0.3 is 0 Å². The number of rotatable bonds is 8. The van der Waals surface area contributed by atoms with Gasteiger partial charge in [0.2, 0.25) is 0 Å². The summed E-state index contributed by atoms with van der Waals surface area (Å²) >= 11 is 0. The number of hydrogen-bond donors (Lipinski definition) is 2. The Morgan fingerprint density at radius 1 is 1.50 bits per heavy atom. The fraction of sp³-hybridized carbons (Fsp3) is 1.00. The van der Waals surface area contributed by atoms with Crippen LogP contribution in [0.2, 0.25) is 0 Å². The number of unbranched alkanes of at least 4 members (excludes halogenated alkanes) is 1. The van der Waals surface area contributed by atoms with Crippen LogP contribution in [0.4, 0.5) is 0 Å². The molecule has 0 aromatic heterocycles. The zero-order chi connectivity index (χ0) is 10.4. The first kappa shape index (κ1) is 12.0. The van der Waals surface area contributed by atoms with Gasteiger partial charge in [0.15, 0.2) is 0 Å². The van der Waals surface area contributed by atoms with E-state index in [-0.39, 0.29) is 5.54 Å². The van der Waals surface area contributed by atoms with Crippen molar-refractivity contribution in [2.45, 2.75) is 38.6 Å². The van der Waals surface area contributed by atoms with Crippen molar-refractivity contribution in [1.29, 1.82) is 0 Å². The largest absolute Gasteiger partial charge is 0.381 e. The molecule has 0 aromatic rings. The monoisotopic (exact) mass is 200 g/mol. The van der Waals surface area contributed by atoms with Crippen LogP contribution < -0.4 is 11.1 Å². The maximum absolute atomic E-state index is 5.76. The SMILES string of the molecule is CCCCOC[C@@H]1C[C@@]1(CN)NCC.